The molecule has 1 N–H and O–H groups in total. The van der Waals surface area contributed by atoms with Gasteiger partial charge < -0.3 is 19.3 Å². The third-order valence-electron chi connectivity index (χ3n) is 7.17. The molecule has 2 amide bonds. The predicted octanol–water partition coefficient (Wildman–Crippen LogP) is 4.60. The highest BCUT2D eigenvalue weighted by Crippen LogP contribution is 2.39. The van der Waals surface area contributed by atoms with Crippen LogP contribution in [0.25, 0.3) is 0 Å². The SMILES string of the molecule is O=C(N1CCOCC1)N1CC(c2ccc(OC(F)(F)F)cc2)CC(c2cc(C3CCC3)[nH]n2)C1. The number of piperidine rings is 1. The fraction of sp³-hybridized carbons (Fsp3) is 0.583. The van der Waals surface area contributed by atoms with Gasteiger partial charge in [0.2, 0.25) is 0 Å². The Balaban J connectivity index is 1.36. The van der Waals surface area contributed by atoms with Gasteiger partial charge in [-0.3, -0.25) is 5.10 Å². The van der Waals surface area contributed by atoms with Crippen molar-refractivity contribution in [2.75, 3.05) is 39.4 Å². The third kappa shape index (κ3) is 5.16. The van der Waals surface area contributed by atoms with Gasteiger partial charge in [-0.05, 0) is 43.0 Å². The molecule has 2 aliphatic heterocycles. The van der Waals surface area contributed by atoms with Crippen molar-refractivity contribution in [3.8, 4) is 5.75 Å². The highest BCUT2D eigenvalue weighted by Gasteiger charge is 2.36. The molecule has 10 heteroatoms. The van der Waals surface area contributed by atoms with E-state index in [2.05, 4.69) is 21.0 Å². The van der Waals surface area contributed by atoms with Gasteiger partial charge in [0.15, 0.2) is 0 Å². The van der Waals surface area contributed by atoms with E-state index in [1.54, 1.807) is 12.1 Å². The van der Waals surface area contributed by atoms with Crippen LogP contribution in [-0.4, -0.2) is 71.8 Å². The highest BCUT2D eigenvalue weighted by molar-refractivity contribution is 5.75. The second kappa shape index (κ2) is 9.48. The number of H-pyrrole nitrogens is 1. The number of nitrogens with one attached hydrogen (secondary N) is 1. The van der Waals surface area contributed by atoms with Gasteiger partial charge in [0.1, 0.15) is 5.75 Å². The molecule has 2 atom stereocenters. The van der Waals surface area contributed by atoms with Gasteiger partial charge in [-0.25, -0.2) is 4.79 Å². The van der Waals surface area contributed by atoms with Crippen LogP contribution >= 0.6 is 0 Å². The minimum atomic E-state index is -4.73. The molecule has 2 saturated heterocycles. The largest absolute Gasteiger partial charge is 0.573 e. The number of likely N-dealkylation sites (tertiary alicyclic amines) is 1. The summed E-state index contributed by atoms with van der Waals surface area (Å²) in [6.07, 6.45) is -0.384. The first-order valence-corrected chi connectivity index (χ1v) is 11.9. The van der Waals surface area contributed by atoms with Crippen LogP contribution in [0.3, 0.4) is 0 Å². The molecule has 0 radical (unpaired) electrons. The first-order valence-electron chi connectivity index (χ1n) is 11.9. The number of alkyl halides is 3. The van der Waals surface area contributed by atoms with Gasteiger partial charge >= 0.3 is 12.4 Å². The number of carbonyl (C=O) groups excluding carboxylic acids is 1. The lowest BCUT2D eigenvalue weighted by Gasteiger charge is -2.40. The second-order valence-corrected chi connectivity index (χ2v) is 9.41. The van der Waals surface area contributed by atoms with Crippen LogP contribution in [0.5, 0.6) is 5.75 Å². The van der Waals surface area contributed by atoms with Crippen molar-refractivity contribution in [1.82, 2.24) is 20.0 Å². The number of hydrogen-bond donors (Lipinski definition) is 1. The fourth-order valence-corrected chi connectivity index (χ4v) is 5.10. The number of hydrogen-bond acceptors (Lipinski definition) is 4. The van der Waals surface area contributed by atoms with E-state index < -0.39 is 6.36 Å². The Morgan fingerprint density at radius 1 is 1.03 bits per heavy atom. The van der Waals surface area contributed by atoms with Gasteiger partial charge in [0.25, 0.3) is 0 Å². The zero-order chi connectivity index (χ0) is 23.7. The lowest BCUT2D eigenvalue weighted by Crippen LogP contribution is -2.52. The molecule has 3 fully saturated rings. The molecular weight excluding hydrogens is 449 g/mol. The number of morpholine rings is 1. The lowest BCUT2D eigenvalue weighted by molar-refractivity contribution is -0.274. The van der Waals surface area contributed by atoms with Crippen molar-refractivity contribution in [2.45, 2.75) is 49.8 Å². The molecule has 1 aromatic carbocycles. The molecule has 184 valence electrons. The van der Waals surface area contributed by atoms with Gasteiger partial charge in [-0.1, -0.05) is 18.6 Å². The van der Waals surface area contributed by atoms with E-state index in [4.69, 9.17) is 4.74 Å². The van der Waals surface area contributed by atoms with E-state index in [-0.39, 0.29) is 23.6 Å². The molecule has 1 aliphatic carbocycles. The Morgan fingerprint density at radius 2 is 1.74 bits per heavy atom. The summed E-state index contributed by atoms with van der Waals surface area (Å²) in [6, 6.07) is 8.11. The van der Waals surface area contributed by atoms with Crippen LogP contribution in [-0.2, 0) is 4.74 Å². The maximum Gasteiger partial charge on any atom is 0.573 e. The predicted molar refractivity (Wildman–Crippen MR) is 118 cm³/mol. The number of nitrogens with zero attached hydrogens (tertiary/aromatic N) is 3. The Bertz CT molecular complexity index is 984. The second-order valence-electron chi connectivity index (χ2n) is 9.41. The standard InChI is InChI=1S/C24H29F3N4O3/c25-24(26,27)34-20-6-4-16(5-7-20)18-12-19(22-13-21(28-29-22)17-2-1-3-17)15-31(14-18)23(32)30-8-10-33-11-9-30/h4-7,13,17-19H,1-3,8-12,14-15H2,(H,28,29). The smallest absolute Gasteiger partial charge is 0.406 e. The number of ether oxygens (including phenoxy) is 2. The van der Waals surface area contributed by atoms with Crippen LogP contribution in [0.1, 0.15) is 60.4 Å². The lowest BCUT2D eigenvalue weighted by atomic mass is 9.81. The summed E-state index contributed by atoms with van der Waals surface area (Å²) in [6.45, 7) is 3.24. The summed E-state index contributed by atoms with van der Waals surface area (Å²) in [5.41, 5.74) is 2.99. The molecule has 3 aliphatic rings. The summed E-state index contributed by atoms with van der Waals surface area (Å²) in [7, 11) is 0. The van der Waals surface area contributed by atoms with Crippen LogP contribution in [0.2, 0.25) is 0 Å². The first kappa shape index (κ1) is 23.0. The van der Waals surface area contributed by atoms with Crippen LogP contribution in [0, 0.1) is 0 Å². The average molecular weight is 479 g/mol. The monoisotopic (exact) mass is 478 g/mol. The maximum atomic E-state index is 13.3. The minimum Gasteiger partial charge on any atom is -0.406 e. The summed E-state index contributed by atoms with van der Waals surface area (Å²) in [5, 5.41) is 7.78. The maximum absolute atomic E-state index is 13.3. The highest BCUT2D eigenvalue weighted by atomic mass is 19.4. The molecular formula is C24H29F3N4O3. The average Bonchev–Trinajstić information content (AvgIpc) is 3.26. The molecule has 2 aromatic rings. The molecule has 2 unspecified atom stereocenters. The molecule has 3 heterocycles. The van der Waals surface area contributed by atoms with Crippen LogP contribution < -0.4 is 4.74 Å². The summed E-state index contributed by atoms with van der Waals surface area (Å²) in [5.74, 6) is 0.308. The van der Waals surface area contributed by atoms with Gasteiger partial charge in [0.05, 0.1) is 18.9 Å². The quantitative estimate of drug-likeness (QED) is 0.697. The van der Waals surface area contributed by atoms with E-state index in [9.17, 15) is 18.0 Å². The molecule has 1 saturated carbocycles. The van der Waals surface area contributed by atoms with Crippen LogP contribution in [0.15, 0.2) is 30.3 Å². The number of halogens is 3. The van der Waals surface area contributed by atoms with Crippen molar-refractivity contribution >= 4 is 6.03 Å². The van der Waals surface area contributed by atoms with Crippen molar-refractivity contribution in [3.05, 3.63) is 47.3 Å². The van der Waals surface area contributed by atoms with Gasteiger partial charge in [0, 0.05) is 49.6 Å². The Labute approximate surface area is 196 Å². The summed E-state index contributed by atoms with van der Waals surface area (Å²) >= 11 is 0. The van der Waals surface area contributed by atoms with Gasteiger partial charge in [-0.2, -0.15) is 5.10 Å². The molecule has 7 nitrogen and oxygen atoms in total. The van der Waals surface area contributed by atoms with E-state index in [0.717, 1.165) is 23.4 Å². The fourth-order valence-electron chi connectivity index (χ4n) is 5.10. The number of aromatic nitrogens is 2. The summed E-state index contributed by atoms with van der Waals surface area (Å²) < 4.78 is 47.1. The van der Waals surface area contributed by atoms with Crippen LogP contribution in [0.4, 0.5) is 18.0 Å². The number of carbonyl (C=O) groups is 1. The van der Waals surface area contributed by atoms with Crippen molar-refractivity contribution in [1.29, 1.82) is 0 Å². The van der Waals surface area contributed by atoms with Crippen molar-refractivity contribution < 1.29 is 27.4 Å². The van der Waals surface area contributed by atoms with E-state index in [1.165, 1.54) is 31.4 Å². The molecule has 0 bridgehead atoms. The number of rotatable bonds is 4. The third-order valence-corrected chi connectivity index (χ3v) is 7.17. The Hall–Kier alpha value is -2.75. The van der Waals surface area contributed by atoms with E-state index in [0.29, 0.717) is 45.3 Å². The number of aromatic amines is 1. The summed E-state index contributed by atoms with van der Waals surface area (Å²) in [4.78, 5) is 17.0. The first-order chi connectivity index (χ1) is 16.4. The van der Waals surface area contributed by atoms with E-state index >= 15 is 0 Å². The molecule has 1 aromatic heterocycles. The molecule has 0 spiro atoms. The minimum absolute atomic E-state index is 0.0208. The Morgan fingerprint density at radius 3 is 2.38 bits per heavy atom. The Kier molecular flexibility index (Phi) is 6.42. The zero-order valence-corrected chi connectivity index (χ0v) is 18.9. The molecule has 34 heavy (non-hydrogen) atoms. The molecule has 5 rings (SSSR count). The van der Waals surface area contributed by atoms with Crippen molar-refractivity contribution in [2.24, 2.45) is 0 Å². The number of urea groups is 1. The zero-order valence-electron chi connectivity index (χ0n) is 18.9. The van der Waals surface area contributed by atoms with Crippen molar-refractivity contribution in [3.63, 3.8) is 0 Å². The normalized spacial score (nSPS) is 24.1. The number of amides is 2. The topological polar surface area (TPSA) is 70.7 Å². The van der Waals surface area contributed by atoms with Gasteiger partial charge in [-0.15, -0.1) is 13.2 Å². The number of benzene rings is 1. The van der Waals surface area contributed by atoms with E-state index in [1.807, 2.05) is 9.80 Å².